The SMILES string of the molecule is CCCNc1ccc(C(=O)O)cc1C. The molecule has 0 saturated carbocycles. The third-order valence-electron chi connectivity index (χ3n) is 2.04. The summed E-state index contributed by atoms with van der Waals surface area (Å²) in [5, 5.41) is 12.0. The highest BCUT2D eigenvalue weighted by atomic mass is 16.4. The molecule has 0 radical (unpaired) electrons. The number of anilines is 1. The average Bonchev–Trinajstić information content (AvgIpc) is 2.15. The molecule has 0 atom stereocenters. The van der Waals surface area contributed by atoms with Gasteiger partial charge in [0.2, 0.25) is 0 Å². The number of aromatic carboxylic acids is 1. The number of benzene rings is 1. The maximum absolute atomic E-state index is 10.7. The Morgan fingerprint density at radius 1 is 1.50 bits per heavy atom. The van der Waals surface area contributed by atoms with Gasteiger partial charge in [0.1, 0.15) is 0 Å². The van der Waals surface area contributed by atoms with Crippen molar-refractivity contribution in [1.29, 1.82) is 0 Å². The normalized spacial score (nSPS) is 9.86. The predicted octanol–water partition coefficient (Wildman–Crippen LogP) is 2.52. The number of rotatable bonds is 4. The Morgan fingerprint density at radius 2 is 2.21 bits per heavy atom. The van der Waals surface area contributed by atoms with Crippen molar-refractivity contribution in [3.05, 3.63) is 29.3 Å². The van der Waals surface area contributed by atoms with E-state index in [1.807, 2.05) is 13.0 Å². The van der Waals surface area contributed by atoms with Crippen molar-refractivity contribution < 1.29 is 9.90 Å². The maximum Gasteiger partial charge on any atom is 0.335 e. The molecule has 0 aliphatic heterocycles. The molecule has 1 rings (SSSR count). The van der Waals surface area contributed by atoms with Gasteiger partial charge < -0.3 is 10.4 Å². The van der Waals surface area contributed by atoms with Gasteiger partial charge >= 0.3 is 5.97 Å². The molecule has 2 N–H and O–H groups in total. The lowest BCUT2D eigenvalue weighted by Crippen LogP contribution is -2.03. The van der Waals surface area contributed by atoms with Crippen LogP contribution in [-0.4, -0.2) is 17.6 Å². The quantitative estimate of drug-likeness (QED) is 0.772. The van der Waals surface area contributed by atoms with E-state index in [0.717, 1.165) is 24.2 Å². The molecule has 0 aromatic heterocycles. The Morgan fingerprint density at radius 3 is 2.71 bits per heavy atom. The minimum Gasteiger partial charge on any atom is -0.478 e. The first kappa shape index (κ1) is 10.6. The number of carbonyl (C=O) groups is 1. The minimum absolute atomic E-state index is 0.338. The van der Waals surface area contributed by atoms with Gasteiger partial charge in [-0.05, 0) is 37.1 Å². The molecule has 3 nitrogen and oxygen atoms in total. The van der Waals surface area contributed by atoms with E-state index in [-0.39, 0.29) is 0 Å². The van der Waals surface area contributed by atoms with E-state index in [1.54, 1.807) is 12.1 Å². The van der Waals surface area contributed by atoms with Crippen LogP contribution in [0.15, 0.2) is 18.2 Å². The number of nitrogens with one attached hydrogen (secondary N) is 1. The third kappa shape index (κ3) is 2.49. The van der Waals surface area contributed by atoms with Gasteiger partial charge in [0.25, 0.3) is 0 Å². The van der Waals surface area contributed by atoms with Gasteiger partial charge in [-0.1, -0.05) is 6.92 Å². The lowest BCUT2D eigenvalue weighted by atomic mass is 10.1. The lowest BCUT2D eigenvalue weighted by molar-refractivity contribution is 0.0697. The molecule has 14 heavy (non-hydrogen) atoms. The maximum atomic E-state index is 10.7. The number of hydrogen-bond acceptors (Lipinski definition) is 2. The van der Waals surface area contributed by atoms with Gasteiger partial charge in [-0.15, -0.1) is 0 Å². The van der Waals surface area contributed by atoms with Gasteiger partial charge in [-0.3, -0.25) is 0 Å². The number of hydrogen-bond donors (Lipinski definition) is 2. The van der Waals surface area contributed by atoms with E-state index in [9.17, 15) is 4.79 Å². The first-order chi connectivity index (χ1) is 6.65. The molecule has 1 aromatic rings. The molecule has 0 saturated heterocycles. The van der Waals surface area contributed by atoms with Gasteiger partial charge in [0.05, 0.1) is 5.56 Å². The Labute approximate surface area is 83.8 Å². The zero-order chi connectivity index (χ0) is 10.6. The highest BCUT2D eigenvalue weighted by Crippen LogP contribution is 2.16. The summed E-state index contributed by atoms with van der Waals surface area (Å²) in [5.41, 5.74) is 2.32. The summed E-state index contributed by atoms with van der Waals surface area (Å²) in [5.74, 6) is -0.879. The van der Waals surface area contributed by atoms with Gasteiger partial charge in [0.15, 0.2) is 0 Å². The van der Waals surface area contributed by atoms with Crippen LogP contribution in [0.4, 0.5) is 5.69 Å². The first-order valence-electron chi connectivity index (χ1n) is 4.73. The van der Waals surface area contributed by atoms with Crippen molar-refractivity contribution in [1.82, 2.24) is 0 Å². The predicted molar refractivity (Wildman–Crippen MR) is 56.9 cm³/mol. The van der Waals surface area contributed by atoms with Crippen LogP contribution in [0.3, 0.4) is 0 Å². The van der Waals surface area contributed by atoms with Crippen LogP contribution in [0, 0.1) is 6.92 Å². The van der Waals surface area contributed by atoms with Crippen LogP contribution in [0.25, 0.3) is 0 Å². The van der Waals surface area contributed by atoms with Crippen LogP contribution < -0.4 is 5.32 Å². The van der Waals surface area contributed by atoms with Crippen LogP contribution >= 0.6 is 0 Å². The zero-order valence-electron chi connectivity index (χ0n) is 8.50. The monoisotopic (exact) mass is 193 g/mol. The Bertz CT molecular complexity index is 334. The van der Waals surface area contributed by atoms with E-state index in [1.165, 1.54) is 0 Å². The van der Waals surface area contributed by atoms with Gasteiger partial charge in [-0.25, -0.2) is 4.79 Å². The Balaban J connectivity index is 2.84. The molecule has 0 unspecified atom stereocenters. The fourth-order valence-corrected chi connectivity index (χ4v) is 1.25. The molecule has 0 fully saturated rings. The summed E-state index contributed by atoms with van der Waals surface area (Å²) >= 11 is 0. The van der Waals surface area contributed by atoms with E-state index >= 15 is 0 Å². The number of carboxylic acid groups (broad SMARTS) is 1. The van der Waals surface area contributed by atoms with Gasteiger partial charge in [-0.2, -0.15) is 0 Å². The van der Waals surface area contributed by atoms with E-state index in [4.69, 9.17) is 5.11 Å². The fourth-order valence-electron chi connectivity index (χ4n) is 1.25. The van der Waals surface area contributed by atoms with Crippen molar-refractivity contribution in [3.63, 3.8) is 0 Å². The molecule has 0 aliphatic rings. The van der Waals surface area contributed by atoms with Crippen molar-refractivity contribution >= 4 is 11.7 Å². The standard InChI is InChI=1S/C11H15NO2/c1-3-6-12-10-5-4-9(11(13)14)7-8(10)2/h4-5,7,12H,3,6H2,1-2H3,(H,13,14). The molecule has 1 aromatic carbocycles. The van der Waals surface area contributed by atoms with Crippen molar-refractivity contribution in [3.8, 4) is 0 Å². The third-order valence-corrected chi connectivity index (χ3v) is 2.04. The average molecular weight is 193 g/mol. The topological polar surface area (TPSA) is 49.3 Å². The summed E-state index contributed by atoms with van der Waals surface area (Å²) in [4.78, 5) is 10.7. The molecule has 0 bridgehead atoms. The molecular weight excluding hydrogens is 178 g/mol. The van der Waals surface area contributed by atoms with Gasteiger partial charge in [0, 0.05) is 12.2 Å². The second-order valence-corrected chi connectivity index (χ2v) is 3.26. The molecule has 76 valence electrons. The molecule has 0 heterocycles. The summed E-state index contributed by atoms with van der Waals surface area (Å²) in [6, 6.07) is 5.11. The summed E-state index contributed by atoms with van der Waals surface area (Å²) in [6.45, 7) is 4.91. The zero-order valence-corrected chi connectivity index (χ0v) is 8.50. The van der Waals surface area contributed by atoms with Crippen LogP contribution in [0.2, 0.25) is 0 Å². The van der Waals surface area contributed by atoms with E-state index < -0.39 is 5.97 Å². The minimum atomic E-state index is -0.879. The highest BCUT2D eigenvalue weighted by Gasteiger charge is 2.04. The lowest BCUT2D eigenvalue weighted by Gasteiger charge is -2.08. The van der Waals surface area contributed by atoms with Crippen LogP contribution in [0.1, 0.15) is 29.3 Å². The molecular formula is C11H15NO2. The smallest absolute Gasteiger partial charge is 0.335 e. The summed E-state index contributed by atoms with van der Waals surface area (Å²) < 4.78 is 0. The Hall–Kier alpha value is -1.51. The van der Waals surface area contributed by atoms with Crippen molar-refractivity contribution in [2.45, 2.75) is 20.3 Å². The van der Waals surface area contributed by atoms with Crippen molar-refractivity contribution in [2.75, 3.05) is 11.9 Å². The fraction of sp³-hybridized carbons (Fsp3) is 0.364. The second kappa shape index (κ2) is 4.65. The van der Waals surface area contributed by atoms with Crippen LogP contribution in [-0.2, 0) is 0 Å². The van der Waals surface area contributed by atoms with Crippen molar-refractivity contribution in [2.24, 2.45) is 0 Å². The highest BCUT2D eigenvalue weighted by molar-refractivity contribution is 5.88. The molecule has 0 amide bonds. The van der Waals surface area contributed by atoms with Crippen LogP contribution in [0.5, 0.6) is 0 Å². The number of aryl methyl sites for hydroxylation is 1. The second-order valence-electron chi connectivity index (χ2n) is 3.26. The molecule has 0 aliphatic carbocycles. The first-order valence-corrected chi connectivity index (χ1v) is 4.73. The Kier molecular flexibility index (Phi) is 3.51. The van der Waals surface area contributed by atoms with E-state index in [0.29, 0.717) is 5.56 Å². The number of carboxylic acids is 1. The largest absolute Gasteiger partial charge is 0.478 e. The summed E-state index contributed by atoms with van der Waals surface area (Å²) in [6.07, 6.45) is 1.06. The van der Waals surface area contributed by atoms with E-state index in [2.05, 4.69) is 12.2 Å². The molecule has 0 spiro atoms. The summed E-state index contributed by atoms with van der Waals surface area (Å²) in [7, 11) is 0. The molecule has 3 heteroatoms.